The van der Waals surface area contributed by atoms with Gasteiger partial charge < -0.3 is 5.73 Å². The van der Waals surface area contributed by atoms with Gasteiger partial charge in [0, 0.05) is 10.6 Å². The summed E-state index contributed by atoms with van der Waals surface area (Å²) in [5, 5.41) is -0.0729. The summed E-state index contributed by atoms with van der Waals surface area (Å²) in [6, 6.07) is 6.08. The van der Waals surface area contributed by atoms with Crippen LogP contribution < -0.4 is 9.44 Å². The number of hydrogen-bond acceptors (Lipinski definition) is 5. The van der Waals surface area contributed by atoms with Gasteiger partial charge in [-0.3, -0.25) is 4.79 Å². The normalized spacial score (nSPS) is 12.0. The molecule has 0 aliphatic heterocycles. The summed E-state index contributed by atoms with van der Waals surface area (Å²) in [7, 11) is -8.71. The van der Waals surface area contributed by atoms with Crippen molar-refractivity contribution < 1.29 is 26.0 Å². The van der Waals surface area contributed by atoms with Gasteiger partial charge in [0.2, 0.25) is 26.0 Å². The molecule has 1 amide bonds. The second kappa shape index (κ2) is 7.10. The van der Waals surface area contributed by atoms with Crippen LogP contribution in [0.2, 0.25) is 5.02 Å². The Kier molecular flexibility index (Phi) is 5.56. The molecule has 0 fully saturated rings. The molecule has 0 aliphatic carbocycles. The molecule has 0 spiro atoms. The monoisotopic (exact) mass is 434 g/mol. The van der Waals surface area contributed by atoms with Crippen molar-refractivity contribution in [3.05, 3.63) is 52.3 Å². The van der Waals surface area contributed by atoms with Gasteiger partial charge >= 0.3 is 0 Å². The number of anilines is 1. The molecule has 2 aromatic carbocycles. The molecule has 0 radical (unpaired) electrons. The van der Waals surface area contributed by atoms with Gasteiger partial charge in [0.1, 0.15) is 5.82 Å². The van der Waals surface area contributed by atoms with Crippen LogP contribution in [-0.2, 0) is 20.0 Å². The van der Waals surface area contributed by atoms with Crippen LogP contribution in [0.1, 0.15) is 15.9 Å². The topological polar surface area (TPSA) is 115 Å². The molecular formula is C16H16ClFN2O5S2. The first-order valence-corrected chi connectivity index (χ1v) is 11.4. The lowest BCUT2D eigenvalue weighted by Crippen LogP contribution is -2.36. The quantitative estimate of drug-likeness (QED) is 0.775. The summed E-state index contributed by atoms with van der Waals surface area (Å²) in [6.45, 7) is 1.38. The molecular weight excluding hydrogens is 419 g/mol. The van der Waals surface area contributed by atoms with Crippen LogP contribution in [0.5, 0.6) is 0 Å². The zero-order chi connectivity index (χ0) is 20.7. The van der Waals surface area contributed by atoms with Crippen LogP contribution in [0.25, 0.3) is 11.1 Å². The van der Waals surface area contributed by atoms with E-state index in [1.54, 1.807) is 0 Å². The number of primary amides is 1. The Bertz CT molecular complexity index is 1120. The molecule has 0 atom stereocenters. The molecule has 2 rings (SSSR count). The number of nitrogens with zero attached hydrogens (tertiary/aromatic N) is 1. The molecule has 146 valence electrons. The Morgan fingerprint density at radius 2 is 1.67 bits per heavy atom. The van der Waals surface area contributed by atoms with Crippen molar-refractivity contribution >= 4 is 43.2 Å². The maximum absolute atomic E-state index is 13.8. The third-order valence-electron chi connectivity index (χ3n) is 3.65. The predicted octanol–water partition coefficient (Wildman–Crippen LogP) is 2.28. The van der Waals surface area contributed by atoms with Gasteiger partial charge in [-0.2, -0.15) is 3.71 Å². The summed E-state index contributed by atoms with van der Waals surface area (Å²) in [5.74, 6) is -1.66. The van der Waals surface area contributed by atoms with E-state index < -0.39 is 31.8 Å². The first kappa shape index (κ1) is 21.1. The fourth-order valence-corrected chi connectivity index (χ4v) is 5.96. The van der Waals surface area contributed by atoms with E-state index in [2.05, 4.69) is 0 Å². The minimum atomic E-state index is -4.36. The van der Waals surface area contributed by atoms with Crippen molar-refractivity contribution in [1.29, 1.82) is 0 Å². The Labute approximate surface area is 161 Å². The van der Waals surface area contributed by atoms with E-state index in [9.17, 15) is 26.0 Å². The van der Waals surface area contributed by atoms with Gasteiger partial charge in [-0.25, -0.2) is 21.2 Å². The maximum atomic E-state index is 13.8. The van der Waals surface area contributed by atoms with E-state index in [0.717, 1.165) is 12.1 Å². The average Bonchev–Trinajstić information content (AvgIpc) is 2.48. The van der Waals surface area contributed by atoms with Gasteiger partial charge in [-0.1, -0.05) is 23.7 Å². The summed E-state index contributed by atoms with van der Waals surface area (Å²) >= 11 is 6.10. The van der Waals surface area contributed by atoms with Crippen molar-refractivity contribution in [3.63, 3.8) is 0 Å². The number of benzene rings is 2. The zero-order valence-electron chi connectivity index (χ0n) is 14.5. The zero-order valence-corrected chi connectivity index (χ0v) is 16.9. The summed E-state index contributed by atoms with van der Waals surface area (Å²) in [6.07, 6.45) is 1.38. The molecule has 0 heterocycles. The predicted molar refractivity (Wildman–Crippen MR) is 102 cm³/mol. The molecule has 0 saturated carbocycles. The lowest BCUT2D eigenvalue weighted by atomic mass is 9.94. The molecule has 0 unspecified atom stereocenters. The highest BCUT2D eigenvalue weighted by Crippen LogP contribution is 2.42. The van der Waals surface area contributed by atoms with Crippen molar-refractivity contribution in [1.82, 2.24) is 0 Å². The van der Waals surface area contributed by atoms with Crippen molar-refractivity contribution in [2.75, 3.05) is 16.2 Å². The maximum Gasteiger partial charge on any atom is 0.249 e. The summed E-state index contributed by atoms with van der Waals surface area (Å²) in [5.41, 5.74) is 4.74. The second-order valence-electron chi connectivity index (χ2n) is 5.85. The third kappa shape index (κ3) is 4.23. The second-order valence-corrected chi connectivity index (χ2v) is 10.2. The first-order valence-electron chi connectivity index (χ1n) is 7.34. The molecule has 2 aromatic rings. The number of rotatable bonds is 5. The van der Waals surface area contributed by atoms with E-state index in [-0.39, 0.29) is 36.7 Å². The first-order chi connectivity index (χ1) is 12.2. The van der Waals surface area contributed by atoms with Gasteiger partial charge in [0.05, 0.1) is 23.8 Å². The minimum Gasteiger partial charge on any atom is -0.366 e. The highest BCUT2D eigenvalue weighted by atomic mass is 35.5. The van der Waals surface area contributed by atoms with E-state index >= 15 is 0 Å². The SMILES string of the molecule is Cc1c(Cl)cc(C(N)=O)c(-c2cccc(F)c2)c1N(S(C)(=O)=O)S(C)(=O)=O. The molecule has 27 heavy (non-hydrogen) atoms. The molecule has 0 aliphatic rings. The van der Waals surface area contributed by atoms with Crippen LogP contribution in [0.15, 0.2) is 30.3 Å². The van der Waals surface area contributed by atoms with Crippen LogP contribution in [-0.4, -0.2) is 35.3 Å². The number of sulfonamides is 2. The van der Waals surface area contributed by atoms with Crippen molar-refractivity contribution in [2.24, 2.45) is 5.73 Å². The number of halogens is 2. The Morgan fingerprint density at radius 3 is 2.11 bits per heavy atom. The molecule has 7 nitrogen and oxygen atoms in total. The summed E-state index contributed by atoms with van der Waals surface area (Å²) < 4.78 is 63.1. The van der Waals surface area contributed by atoms with Crippen LogP contribution in [0, 0.1) is 12.7 Å². The van der Waals surface area contributed by atoms with Gasteiger partial charge in [-0.15, -0.1) is 0 Å². The number of carbonyl (C=O) groups is 1. The molecule has 0 saturated heterocycles. The lowest BCUT2D eigenvalue weighted by molar-refractivity contribution is 0.100. The number of hydrogen-bond donors (Lipinski definition) is 1. The Hall–Kier alpha value is -2.17. The van der Waals surface area contributed by atoms with Crippen molar-refractivity contribution in [3.8, 4) is 11.1 Å². The standard InChI is InChI=1S/C16H16ClFN2O5S2/c1-9-13(17)8-12(16(19)21)14(10-5-4-6-11(18)7-10)15(9)20(26(2,22)23)27(3,24)25/h4-8H,1-3H3,(H2,19,21). The van der Waals surface area contributed by atoms with E-state index in [1.807, 2.05) is 0 Å². The molecule has 11 heteroatoms. The van der Waals surface area contributed by atoms with Gasteiger partial charge in [-0.05, 0) is 36.2 Å². The molecule has 0 bridgehead atoms. The van der Waals surface area contributed by atoms with E-state index in [4.69, 9.17) is 17.3 Å². The highest BCUT2D eigenvalue weighted by molar-refractivity contribution is 8.09. The number of nitrogens with two attached hydrogens (primary N) is 1. The lowest BCUT2D eigenvalue weighted by Gasteiger charge is -2.26. The smallest absolute Gasteiger partial charge is 0.249 e. The largest absolute Gasteiger partial charge is 0.366 e. The molecule has 2 N–H and O–H groups in total. The third-order valence-corrected chi connectivity index (χ3v) is 7.24. The Balaban J connectivity index is 3.15. The van der Waals surface area contributed by atoms with Crippen LogP contribution in [0.3, 0.4) is 0 Å². The number of carbonyl (C=O) groups excluding carboxylic acids is 1. The minimum absolute atomic E-state index is 0.0656. The van der Waals surface area contributed by atoms with Crippen LogP contribution >= 0.6 is 11.6 Å². The average molecular weight is 435 g/mol. The van der Waals surface area contributed by atoms with Crippen molar-refractivity contribution in [2.45, 2.75) is 6.92 Å². The molecule has 0 aromatic heterocycles. The summed E-state index contributed by atoms with van der Waals surface area (Å²) in [4.78, 5) is 12.0. The van der Waals surface area contributed by atoms with Gasteiger partial charge in [0.25, 0.3) is 0 Å². The van der Waals surface area contributed by atoms with Crippen LogP contribution in [0.4, 0.5) is 10.1 Å². The Morgan fingerprint density at radius 1 is 1.11 bits per heavy atom. The highest BCUT2D eigenvalue weighted by Gasteiger charge is 2.34. The fourth-order valence-electron chi connectivity index (χ4n) is 2.67. The number of amides is 1. The van der Waals surface area contributed by atoms with Gasteiger partial charge in [0.15, 0.2) is 0 Å². The van der Waals surface area contributed by atoms with E-state index in [1.165, 1.54) is 25.1 Å². The van der Waals surface area contributed by atoms with E-state index in [0.29, 0.717) is 12.5 Å². The fraction of sp³-hybridized carbons (Fsp3) is 0.188.